The Morgan fingerprint density at radius 3 is 2.36 bits per heavy atom. The van der Waals surface area contributed by atoms with Crippen molar-refractivity contribution in [1.29, 1.82) is 5.26 Å². The van der Waals surface area contributed by atoms with Crippen molar-refractivity contribution in [3.63, 3.8) is 0 Å². The molecule has 5 N–H and O–H groups in total. The Morgan fingerprint density at radius 2 is 1.69 bits per heavy atom. The quantitative estimate of drug-likeness (QED) is 0.265. The fraction of sp³-hybridized carbons (Fsp3) is 0.370. The van der Waals surface area contributed by atoms with Gasteiger partial charge in [0.1, 0.15) is 30.5 Å². The van der Waals surface area contributed by atoms with Crippen molar-refractivity contribution in [2.24, 2.45) is 7.05 Å². The molecular weight excluding hydrogens is 524 g/mol. The predicted octanol–water partition coefficient (Wildman–Crippen LogP) is 0.885. The number of hydrogen-bond acceptors (Lipinski definition) is 9. The lowest BCUT2D eigenvalue weighted by Crippen LogP contribution is -2.60. The maximum atomic E-state index is 13.0. The van der Waals surface area contributed by atoms with E-state index in [4.69, 9.17) is 4.74 Å². The molecule has 2 aromatic carbocycles. The van der Waals surface area contributed by atoms with Crippen LogP contribution in [0.15, 0.2) is 53.4 Å². The van der Waals surface area contributed by atoms with Crippen molar-refractivity contribution in [2.75, 3.05) is 25.5 Å². The Morgan fingerprint density at radius 1 is 1.03 bits per heavy atom. The summed E-state index contributed by atoms with van der Waals surface area (Å²) in [6.45, 7) is 0.976. The zero-order chi connectivity index (χ0) is 28.6. The third-order valence-corrected chi connectivity index (χ3v) is 8.50. The van der Waals surface area contributed by atoms with Gasteiger partial charge in [-0.3, -0.25) is 0 Å². The van der Waals surface area contributed by atoms with E-state index >= 15 is 0 Å². The van der Waals surface area contributed by atoms with Crippen LogP contribution in [0.3, 0.4) is 0 Å². The average Bonchev–Trinajstić information content (AvgIpc) is 3.29. The lowest BCUT2D eigenvalue weighted by atomic mass is 9.99. The summed E-state index contributed by atoms with van der Waals surface area (Å²) in [5.41, 5.74) is 3.55. The van der Waals surface area contributed by atoms with Gasteiger partial charge in [-0.05, 0) is 53.6 Å². The molecular formula is C27H32N4O7S. The van der Waals surface area contributed by atoms with E-state index in [9.17, 15) is 34.1 Å². The molecule has 3 aromatic rings. The Bertz CT molecular complexity index is 1560. The first-order chi connectivity index (χ1) is 18.4. The number of nitrogens with zero attached hydrogens (tertiary/aromatic N) is 3. The molecule has 39 heavy (non-hydrogen) atoms. The Kier molecular flexibility index (Phi) is 8.15. The number of nitrogens with one attached hydrogen (secondary N) is 1. The summed E-state index contributed by atoms with van der Waals surface area (Å²) < 4.78 is 35.1. The van der Waals surface area contributed by atoms with Crippen molar-refractivity contribution in [1.82, 2.24) is 9.29 Å². The van der Waals surface area contributed by atoms with Crippen LogP contribution in [0.25, 0.3) is 27.6 Å². The molecule has 0 bridgehead atoms. The number of aliphatic hydroxyl groups is 4. The van der Waals surface area contributed by atoms with Gasteiger partial charge in [-0.2, -0.15) is 5.26 Å². The molecule has 4 rings (SSSR count). The second-order valence-corrected chi connectivity index (χ2v) is 11.5. The topological polar surface area (TPSA) is 168 Å². The molecule has 0 amide bonds. The summed E-state index contributed by atoms with van der Waals surface area (Å²) >= 11 is 0. The molecule has 2 heterocycles. The fourth-order valence-electron chi connectivity index (χ4n) is 4.67. The van der Waals surface area contributed by atoms with Crippen LogP contribution < -0.4 is 9.62 Å². The lowest BCUT2D eigenvalue weighted by Gasteiger charge is -2.38. The summed E-state index contributed by atoms with van der Waals surface area (Å²) in [5.74, 6) is 0. The Balaban J connectivity index is 1.60. The van der Waals surface area contributed by atoms with E-state index in [1.807, 2.05) is 55.4 Å². The minimum absolute atomic E-state index is 0.204. The smallest absolute Gasteiger partial charge is 0.251 e. The number of nitriles is 1. The molecule has 0 radical (unpaired) electrons. The lowest BCUT2D eigenvalue weighted by molar-refractivity contribution is -0.279. The van der Waals surface area contributed by atoms with Gasteiger partial charge in [0.2, 0.25) is 0 Å². The molecule has 1 saturated heterocycles. The average molecular weight is 557 g/mol. The van der Waals surface area contributed by atoms with Gasteiger partial charge in [-0.1, -0.05) is 18.2 Å². The number of aliphatic hydroxyl groups excluding tert-OH is 4. The van der Waals surface area contributed by atoms with Crippen LogP contribution in [-0.4, -0.2) is 84.8 Å². The zero-order valence-electron chi connectivity index (χ0n) is 22.0. The molecule has 1 aliphatic rings. The van der Waals surface area contributed by atoms with Crippen LogP contribution in [0, 0.1) is 11.3 Å². The number of fused-ring (bicyclic) bond motifs is 1. The van der Waals surface area contributed by atoms with Crippen molar-refractivity contribution >= 4 is 32.1 Å². The maximum absolute atomic E-state index is 13.0. The molecule has 0 aliphatic carbocycles. The molecule has 0 saturated carbocycles. The highest BCUT2D eigenvalue weighted by Crippen LogP contribution is 2.31. The van der Waals surface area contributed by atoms with Gasteiger partial charge in [-0.25, -0.2) is 13.1 Å². The second kappa shape index (κ2) is 11.1. The first-order valence-electron chi connectivity index (χ1n) is 12.2. The summed E-state index contributed by atoms with van der Waals surface area (Å²) in [6.07, 6.45) is -8.29. The molecule has 1 unspecified atom stereocenters. The number of allylic oxidation sites excluding steroid dienone is 2. The van der Waals surface area contributed by atoms with Crippen LogP contribution in [0.5, 0.6) is 0 Å². The predicted molar refractivity (Wildman–Crippen MR) is 147 cm³/mol. The van der Waals surface area contributed by atoms with Crippen molar-refractivity contribution < 1.29 is 33.6 Å². The number of sulfonamides is 1. The Labute approximate surface area is 226 Å². The van der Waals surface area contributed by atoms with Crippen LogP contribution in [0.1, 0.15) is 12.6 Å². The van der Waals surface area contributed by atoms with Gasteiger partial charge < -0.3 is 34.6 Å². The normalized spacial score (nSPS) is 24.3. The number of benzene rings is 2. The molecule has 1 fully saturated rings. The third kappa shape index (κ3) is 5.57. The highest BCUT2D eigenvalue weighted by molar-refractivity contribution is 7.93. The fourth-order valence-corrected chi connectivity index (χ4v) is 5.83. The van der Waals surface area contributed by atoms with Gasteiger partial charge >= 0.3 is 0 Å². The van der Waals surface area contributed by atoms with Crippen LogP contribution in [0.2, 0.25) is 0 Å². The standard InChI is InChI=1S/C27H32N4O7S/c1-15(23(13-28)39(36,37)29-14-22-24(32)25(33)26(34)27(35)38-22)20-9-10-21(31(20)4)18-6-5-17-12-19(30(2)3)8-7-16(17)11-18/h5-12,22,24-27,29,32-35H,14H2,1-4H3/b23-15+/t22-,24-,25+,26-,27?/m1/s1. The monoisotopic (exact) mass is 556 g/mol. The first-order valence-corrected chi connectivity index (χ1v) is 13.7. The molecule has 1 aromatic heterocycles. The van der Waals surface area contributed by atoms with Crippen molar-refractivity contribution in [2.45, 2.75) is 37.6 Å². The van der Waals surface area contributed by atoms with Crippen LogP contribution in [-0.2, 0) is 21.8 Å². The van der Waals surface area contributed by atoms with E-state index < -0.39 is 52.2 Å². The maximum Gasteiger partial charge on any atom is 0.251 e. The van der Waals surface area contributed by atoms with E-state index in [0.717, 1.165) is 27.7 Å². The number of aromatic nitrogens is 1. The van der Waals surface area contributed by atoms with Gasteiger partial charge in [-0.15, -0.1) is 0 Å². The Hall–Kier alpha value is -3.28. The minimum atomic E-state index is -4.37. The number of rotatable bonds is 7. The SMILES string of the molecule is C/C(=C(/C#N)S(=O)(=O)NC[C@H]1OC(O)[C@H](O)[C@@H](O)[C@@H]1O)c1ccc(-c2ccc3cc(N(C)C)ccc3c2)n1C. The van der Waals surface area contributed by atoms with E-state index in [2.05, 4.69) is 10.8 Å². The summed E-state index contributed by atoms with van der Waals surface area (Å²) in [4.78, 5) is 1.50. The number of hydrogen-bond donors (Lipinski definition) is 5. The van der Waals surface area contributed by atoms with E-state index in [1.54, 1.807) is 23.8 Å². The molecule has 5 atom stereocenters. The molecule has 12 heteroatoms. The summed E-state index contributed by atoms with van der Waals surface area (Å²) in [5, 5.41) is 51.1. The van der Waals surface area contributed by atoms with Gasteiger partial charge in [0.15, 0.2) is 11.2 Å². The first kappa shape index (κ1) is 28.7. The highest BCUT2D eigenvalue weighted by Gasteiger charge is 2.43. The van der Waals surface area contributed by atoms with Crippen LogP contribution >= 0.6 is 0 Å². The van der Waals surface area contributed by atoms with E-state index in [0.29, 0.717) is 5.69 Å². The molecule has 11 nitrogen and oxygen atoms in total. The summed E-state index contributed by atoms with van der Waals surface area (Å²) in [7, 11) is 1.37. The zero-order valence-corrected chi connectivity index (χ0v) is 22.8. The highest BCUT2D eigenvalue weighted by atomic mass is 32.2. The third-order valence-electron chi connectivity index (χ3n) is 7.01. The second-order valence-electron chi connectivity index (χ2n) is 9.76. The summed E-state index contributed by atoms with van der Waals surface area (Å²) in [6, 6.07) is 17.6. The van der Waals surface area contributed by atoms with Crippen molar-refractivity contribution in [3.05, 3.63) is 59.1 Å². The van der Waals surface area contributed by atoms with Crippen LogP contribution in [0.4, 0.5) is 5.69 Å². The minimum Gasteiger partial charge on any atom is -0.388 e. The molecule has 0 spiro atoms. The van der Waals surface area contributed by atoms with Gasteiger partial charge in [0.25, 0.3) is 10.0 Å². The molecule has 208 valence electrons. The van der Waals surface area contributed by atoms with Gasteiger partial charge in [0, 0.05) is 50.3 Å². The number of anilines is 1. The van der Waals surface area contributed by atoms with E-state index in [-0.39, 0.29) is 5.57 Å². The number of ether oxygens (including phenoxy) is 1. The largest absolute Gasteiger partial charge is 0.388 e. The van der Waals surface area contributed by atoms with Gasteiger partial charge in [0.05, 0.1) is 0 Å². The van der Waals surface area contributed by atoms with Crippen molar-refractivity contribution in [3.8, 4) is 17.3 Å². The molecule has 1 aliphatic heterocycles. The van der Waals surface area contributed by atoms with E-state index in [1.165, 1.54) is 6.92 Å².